The van der Waals surface area contributed by atoms with Gasteiger partial charge in [0.15, 0.2) is 0 Å². The summed E-state index contributed by atoms with van der Waals surface area (Å²) in [6, 6.07) is 3.62. The van der Waals surface area contributed by atoms with Gasteiger partial charge in [-0.05, 0) is 36.5 Å². The molecule has 2 rings (SSSR count). The van der Waals surface area contributed by atoms with Crippen molar-refractivity contribution in [2.45, 2.75) is 38.0 Å². The molecule has 1 fully saturated rings. The van der Waals surface area contributed by atoms with Gasteiger partial charge in [-0.2, -0.15) is 0 Å². The molecule has 1 aliphatic rings. The first-order chi connectivity index (χ1) is 10.5. The first kappa shape index (κ1) is 16.3. The van der Waals surface area contributed by atoms with Crippen molar-refractivity contribution in [3.8, 4) is 0 Å². The Kier molecular flexibility index (Phi) is 5.35. The summed E-state index contributed by atoms with van der Waals surface area (Å²) in [6.07, 6.45) is 5.80. The second-order valence-electron chi connectivity index (χ2n) is 5.62. The highest BCUT2D eigenvalue weighted by Gasteiger charge is 2.20. The summed E-state index contributed by atoms with van der Waals surface area (Å²) in [4.78, 5) is 24.2. The number of urea groups is 2. The number of carbonyl (C=O) groups is 2. The number of nitrogens with one attached hydrogen (secondary N) is 2. The van der Waals surface area contributed by atoms with Crippen LogP contribution in [0.15, 0.2) is 18.2 Å². The molecule has 4 amide bonds. The van der Waals surface area contributed by atoms with Crippen molar-refractivity contribution in [1.29, 1.82) is 0 Å². The Hall–Kier alpha value is -2.11. The molecule has 0 bridgehead atoms. The molecule has 0 spiro atoms. The lowest BCUT2D eigenvalue weighted by Gasteiger charge is -2.23. The quantitative estimate of drug-likeness (QED) is 0.875. The van der Waals surface area contributed by atoms with E-state index < -0.39 is 17.9 Å². The van der Waals surface area contributed by atoms with Crippen LogP contribution < -0.4 is 10.6 Å². The first-order valence-electron chi connectivity index (χ1n) is 7.58. The molecule has 0 saturated heterocycles. The summed E-state index contributed by atoms with van der Waals surface area (Å²) in [5, 5.41) is 4.80. The van der Waals surface area contributed by atoms with E-state index in [2.05, 4.69) is 10.6 Å². The largest absolute Gasteiger partial charge is 0.341 e. The molecular weight excluding hydrogens is 285 g/mol. The summed E-state index contributed by atoms with van der Waals surface area (Å²) in [5.41, 5.74) is 1.16. The maximum Gasteiger partial charge on any atom is 0.329 e. The van der Waals surface area contributed by atoms with Gasteiger partial charge in [0.2, 0.25) is 0 Å². The van der Waals surface area contributed by atoms with Crippen molar-refractivity contribution < 1.29 is 14.0 Å². The molecule has 1 aromatic carbocycles. The van der Waals surface area contributed by atoms with Crippen LogP contribution in [0, 0.1) is 5.82 Å². The van der Waals surface area contributed by atoms with Gasteiger partial charge in [-0.25, -0.2) is 18.9 Å². The molecule has 0 unspecified atom stereocenters. The molecule has 0 atom stereocenters. The van der Waals surface area contributed by atoms with Gasteiger partial charge in [0.05, 0.1) is 5.69 Å². The summed E-state index contributed by atoms with van der Waals surface area (Å²) in [6.45, 7) is 0. The number of carbonyl (C=O) groups excluding carboxylic acids is 2. The van der Waals surface area contributed by atoms with E-state index in [9.17, 15) is 14.0 Å². The van der Waals surface area contributed by atoms with Crippen LogP contribution in [-0.4, -0.2) is 31.1 Å². The van der Waals surface area contributed by atoms with Crippen LogP contribution in [-0.2, 0) is 0 Å². The van der Waals surface area contributed by atoms with Gasteiger partial charge in [0.25, 0.3) is 0 Å². The molecule has 0 radical (unpaired) electrons. The van der Waals surface area contributed by atoms with Crippen molar-refractivity contribution >= 4 is 17.7 Å². The molecule has 1 aromatic rings. The fourth-order valence-electron chi connectivity index (χ4n) is 2.79. The van der Waals surface area contributed by atoms with Gasteiger partial charge < -0.3 is 10.6 Å². The van der Waals surface area contributed by atoms with E-state index in [4.69, 9.17) is 0 Å². The van der Waals surface area contributed by atoms with E-state index in [1.165, 1.54) is 39.4 Å². The van der Waals surface area contributed by atoms with Gasteiger partial charge >= 0.3 is 12.1 Å². The smallest absolute Gasteiger partial charge is 0.329 e. The molecule has 0 aliphatic heterocycles. The topological polar surface area (TPSA) is 61.4 Å². The number of rotatable bonds is 2. The number of hydrogen-bond acceptors (Lipinski definition) is 2. The second kappa shape index (κ2) is 7.24. The predicted molar refractivity (Wildman–Crippen MR) is 83.5 cm³/mol. The lowest BCUT2D eigenvalue weighted by Crippen LogP contribution is -2.41. The SMILES string of the molecule is CNC(=O)N(C)C(=O)Nc1cc(C2CCCCC2)ccc1F. The van der Waals surface area contributed by atoms with Crippen LogP contribution >= 0.6 is 0 Å². The van der Waals surface area contributed by atoms with E-state index in [-0.39, 0.29) is 5.69 Å². The molecule has 1 saturated carbocycles. The van der Waals surface area contributed by atoms with Crippen molar-refractivity contribution in [2.24, 2.45) is 0 Å². The second-order valence-corrected chi connectivity index (χ2v) is 5.62. The molecule has 6 heteroatoms. The highest BCUT2D eigenvalue weighted by Crippen LogP contribution is 2.34. The lowest BCUT2D eigenvalue weighted by atomic mass is 9.84. The minimum Gasteiger partial charge on any atom is -0.341 e. The van der Waals surface area contributed by atoms with Gasteiger partial charge in [-0.3, -0.25) is 0 Å². The molecule has 1 aliphatic carbocycles. The van der Waals surface area contributed by atoms with Crippen molar-refractivity contribution in [3.63, 3.8) is 0 Å². The number of imide groups is 1. The maximum atomic E-state index is 13.9. The zero-order chi connectivity index (χ0) is 16.1. The van der Waals surface area contributed by atoms with E-state index in [1.54, 1.807) is 12.1 Å². The number of amides is 4. The third-order valence-electron chi connectivity index (χ3n) is 4.13. The average Bonchev–Trinajstić information content (AvgIpc) is 2.56. The fraction of sp³-hybridized carbons (Fsp3) is 0.500. The fourth-order valence-corrected chi connectivity index (χ4v) is 2.79. The molecule has 0 heterocycles. The van der Waals surface area contributed by atoms with Gasteiger partial charge in [-0.15, -0.1) is 0 Å². The molecule has 0 aromatic heterocycles. The van der Waals surface area contributed by atoms with Gasteiger partial charge in [0.1, 0.15) is 5.82 Å². The molecule has 120 valence electrons. The Morgan fingerprint density at radius 1 is 1.18 bits per heavy atom. The van der Waals surface area contributed by atoms with Crippen molar-refractivity contribution in [1.82, 2.24) is 10.2 Å². The third-order valence-corrected chi connectivity index (χ3v) is 4.13. The normalized spacial score (nSPS) is 15.2. The van der Waals surface area contributed by atoms with Gasteiger partial charge in [-0.1, -0.05) is 25.3 Å². The van der Waals surface area contributed by atoms with Crippen LogP contribution in [0.5, 0.6) is 0 Å². The highest BCUT2D eigenvalue weighted by atomic mass is 19.1. The zero-order valence-corrected chi connectivity index (χ0v) is 13.0. The standard InChI is InChI=1S/C16H22FN3O2/c1-18-15(21)20(2)16(22)19-14-10-12(8-9-13(14)17)11-6-4-3-5-7-11/h8-11H,3-7H2,1-2H3,(H,18,21)(H,19,22). The Morgan fingerprint density at radius 2 is 1.86 bits per heavy atom. The highest BCUT2D eigenvalue weighted by molar-refractivity contribution is 6.00. The minimum absolute atomic E-state index is 0.115. The number of benzene rings is 1. The maximum absolute atomic E-state index is 13.9. The van der Waals surface area contributed by atoms with E-state index >= 15 is 0 Å². The lowest BCUT2D eigenvalue weighted by molar-refractivity contribution is 0.203. The number of hydrogen-bond donors (Lipinski definition) is 2. The van der Waals surface area contributed by atoms with Crippen LogP contribution in [0.3, 0.4) is 0 Å². The van der Waals surface area contributed by atoms with Crippen LogP contribution in [0.2, 0.25) is 0 Å². The monoisotopic (exact) mass is 307 g/mol. The van der Waals surface area contributed by atoms with E-state index in [0.29, 0.717) is 5.92 Å². The summed E-state index contributed by atoms with van der Waals surface area (Å²) >= 11 is 0. The summed E-state index contributed by atoms with van der Waals surface area (Å²) in [7, 11) is 2.76. The molecule has 22 heavy (non-hydrogen) atoms. The van der Waals surface area contributed by atoms with Crippen LogP contribution in [0.1, 0.15) is 43.6 Å². The van der Waals surface area contributed by atoms with Crippen LogP contribution in [0.25, 0.3) is 0 Å². The van der Waals surface area contributed by atoms with Crippen molar-refractivity contribution in [3.05, 3.63) is 29.6 Å². The minimum atomic E-state index is -0.668. The summed E-state index contributed by atoms with van der Waals surface area (Å²) < 4.78 is 13.9. The van der Waals surface area contributed by atoms with E-state index in [0.717, 1.165) is 23.3 Å². The third kappa shape index (κ3) is 3.75. The molecule has 2 N–H and O–H groups in total. The Balaban J connectivity index is 2.13. The van der Waals surface area contributed by atoms with Crippen molar-refractivity contribution in [2.75, 3.05) is 19.4 Å². The Bertz CT molecular complexity index is 556. The number of nitrogens with zero attached hydrogens (tertiary/aromatic N) is 1. The van der Waals surface area contributed by atoms with Gasteiger partial charge in [0, 0.05) is 14.1 Å². The summed E-state index contributed by atoms with van der Waals surface area (Å²) in [5.74, 6) is -0.0834. The Morgan fingerprint density at radius 3 is 2.50 bits per heavy atom. The zero-order valence-electron chi connectivity index (χ0n) is 13.0. The van der Waals surface area contributed by atoms with E-state index in [1.807, 2.05) is 0 Å². The molecular formula is C16H22FN3O2. The predicted octanol–water partition coefficient (Wildman–Crippen LogP) is 3.68. The van der Waals surface area contributed by atoms with Crippen LogP contribution in [0.4, 0.5) is 19.7 Å². The average molecular weight is 307 g/mol. The number of anilines is 1. The number of halogens is 1. The molecule has 5 nitrogen and oxygen atoms in total. The Labute approximate surface area is 129 Å². The first-order valence-corrected chi connectivity index (χ1v) is 7.58.